The predicted molar refractivity (Wildman–Crippen MR) is 106 cm³/mol. The molecule has 2 aliphatic rings. The number of nitrogens with zero attached hydrogens (tertiary/aromatic N) is 1. The van der Waals surface area contributed by atoms with Gasteiger partial charge in [0.1, 0.15) is 0 Å². The van der Waals surface area contributed by atoms with Gasteiger partial charge in [-0.25, -0.2) is 5.43 Å². The van der Waals surface area contributed by atoms with Gasteiger partial charge in [0.2, 0.25) is 0 Å². The second kappa shape index (κ2) is 8.31. The molecule has 0 aliphatic carbocycles. The van der Waals surface area contributed by atoms with Crippen molar-refractivity contribution < 1.29 is 5.11 Å². The number of benzene rings is 2. The minimum atomic E-state index is 0.282. The molecular formula is C22H29N3O. The van der Waals surface area contributed by atoms with E-state index in [1.807, 2.05) is 0 Å². The number of likely N-dealkylation sites (tertiary alicyclic amines) is 1. The maximum atomic E-state index is 9.68. The number of hydrogen-bond acceptors (Lipinski definition) is 4. The van der Waals surface area contributed by atoms with Crippen LogP contribution in [0.2, 0.25) is 0 Å². The van der Waals surface area contributed by atoms with Gasteiger partial charge in [0, 0.05) is 25.0 Å². The van der Waals surface area contributed by atoms with Crippen LogP contribution < -0.4 is 10.9 Å². The Hall–Kier alpha value is -1.72. The van der Waals surface area contributed by atoms with Gasteiger partial charge >= 0.3 is 0 Å². The van der Waals surface area contributed by atoms with Crippen LogP contribution >= 0.6 is 0 Å². The summed E-state index contributed by atoms with van der Waals surface area (Å²) in [6, 6.07) is 20.1. The monoisotopic (exact) mass is 351 g/mol. The van der Waals surface area contributed by atoms with Crippen LogP contribution in [0.25, 0.3) is 11.1 Å². The lowest BCUT2D eigenvalue weighted by Gasteiger charge is -2.37. The molecule has 2 fully saturated rings. The Labute approximate surface area is 156 Å². The van der Waals surface area contributed by atoms with Crippen molar-refractivity contribution in [1.29, 1.82) is 0 Å². The molecule has 0 aromatic heterocycles. The molecule has 2 heterocycles. The SMILES string of the molecule is OCC1CCCCN1CC1CNNC1c1ccc(-c2ccccc2)cc1. The van der Waals surface area contributed by atoms with E-state index in [1.54, 1.807) is 0 Å². The molecule has 4 nitrogen and oxygen atoms in total. The van der Waals surface area contributed by atoms with Gasteiger partial charge in [0.05, 0.1) is 12.6 Å². The predicted octanol–water partition coefficient (Wildman–Crippen LogP) is 2.97. The van der Waals surface area contributed by atoms with Gasteiger partial charge in [0.15, 0.2) is 0 Å². The zero-order valence-corrected chi connectivity index (χ0v) is 15.3. The molecular weight excluding hydrogens is 322 g/mol. The van der Waals surface area contributed by atoms with E-state index in [2.05, 4.69) is 70.3 Å². The van der Waals surface area contributed by atoms with Crippen molar-refractivity contribution in [3.8, 4) is 11.1 Å². The van der Waals surface area contributed by atoms with Crippen LogP contribution in [-0.4, -0.2) is 42.3 Å². The Balaban J connectivity index is 1.46. The van der Waals surface area contributed by atoms with E-state index in [0.29, 0.717) is 18.0 Å². The summed E-state index contributed by atoms with van der Waals surface area (Å²) in [5.41, 5.74) is 10.7. The molecule has 0 radical (unpaired) electrons. The summed E-state index contributed by atoms with van der Waals surface area (Å²) >= 11 is 0. The molecule has 3 N–H and O–H groups in total. The molecule has 2 aromatic rings. The topological polar surface area (TPSA) is 47.5 Å². The van der Waals surface area contributed by atoms with Crippen molar-refractivity contribution in [3.05, 3.63) is 60.2 Å². The van der Waals surface area contributed by atoms with Crippen molar-refractivity contribution >= 4 is 0 Å². The Morgan fingerprint density at radius 3 is 2.50 bits per heavy atom. The first-order valence-corrected chi connectivity index (χ1v) is 9.84. The second-order valence-corrected chi connectivity index (χ2v) is 7.58. The van der Waals surface area contributed by atoms with Crippen LogP contribution in [0.3, 0.4) is 0 Å². The standard InChI is InChI=1S/C22H29N3O/c26-16-21-8-4-5-13-25(21)15-20-14-23-24-22(20)19-11-9-18(10-12-19)17-6-2-1-3-7-17/h1-3,6-7,9-12,20-24,26H,4-5,8,13-16H2. The molecule has 3 atom stereocenters. The first kappa shape index (κ1) is 17.7. The van der Waals surface area contributed by atoms with E-state index < -0.39 is 0 Å². The van der Waals surface area contributed by atoms with Crippen molar-refractivity contribution in [2.75, 3.05) is 26.2 Å². The molecule has 0 bridgehead atoms. The number of rotatable bonds is 5. The Kier molecular flexibility index (Phi) is 5.65. The average Bonchev–Trinajstić information content (AvgIpc) is 3.17. The quantitative estimate of drug-likeness (QED) is 0.775. The van der Waals surface area contributed by atoms with E-state index >= 15 is 0 Å². The fourth-order valence-electron chi connectivity index (χ4n) is 4.38. The Bertz CT molecular complexity index is 688. The normalized spacial score (nSPS) is 26.9. The lowest BCUT2D eigenvalue weighted by Crippen LogP contribution is -2.45. The second-order valence-electron chi connectivity index (χ2n) is 7.58. The van der Waals surface area contributed by atoms with Crippen molar-refractivity contribution in [3.63, 3.8) is 0 Å². The van der Waals surface area contributed by atoms with Crippen LogP contribution in [0.1, 0.15) is 30.9 Å². The maximum absolute atomic E-state index is 9.68. The van der Waals surface area contributed by atoms with Crippen LogP contribution in [-0.2, 0) is 0 Å². The number of aliphatic hydroxyl groups is 1. The highest BCUT2D eigenvalue weighted by Crippen LogP contribution is 2.29. The molecule has 0 spiro atoms. The third-order valence-electron chi connectivity index (χ3n) is 5.90. The number of nitrogens with one attached hydrogen (secondary N) is 2. The number of aliphatic hydroxyl groups excluding tert-OH is 1. The fourth-order valence-corrected chi connectivity index (χ4v) is 4.38. The molecule has 0 saturated carbocycles. The lowest BCUT2D eigenvalue weighted by atomic mass is 9.91. The minimum absolute atomic E-state index is 0.282. The first-order chi connectivity index (χ1) is 12.8. The van der Waals surface area contributed by atoms with Gasteiger partial charge in [-0.15, -0.1) is 0 Å². The Morgan fingerprint density at radius 1 is 0.962 bits per heavy atom. The molecule has 26 heavy (non-hydrogen) atoms. The summed E-state index contributed by atoms with van der Waals surface area (Å²) in [5, 5.41) is 9.68. The highest BCUT2D eigenvalue weighted by Gasteiger charge is 2.32. The maximum Gasteiger partial charge on any atom is 0.0586 e. The van der Waals surface area contributed by atoms with Gasteiger partial charge in [-0.2, -0.15) is 0 Å². The lowest BCUT2D eigenvalue weighted by molar-refractivity contribution is 0.0755. The number of hydrogen-bond donors (Lipinski definition) is 3. The van der Waals surface area contributed by atoms with Crippen LogP contribution in [0.5, 0.6) is 0 Å². The molecule has 0 amide bonds. The van der Waals surface area contributed by atoms with E-state index in [1.165, 1.54) is 29.5 Å². The number of piperidine rings is 1. The van der Waals surface area contributed by atoms with E-state index in [0.717, 1.165) is 26.1 Å². The van der Waals surface area contributed by atoms with Gasteiger partial charge < -0.3 is 5.11 Å². The summed E-state index contributed by atoms with van der Waals surface area (Å²) in [5.74, 6) is 0.518. The third-order valence-corrected chi connectivity index (χ3v) is 5.90. The summed E-state index contributed by atoms with van der Waals surface area (Å²) < 4.78 is 0. The minimum Gasteiger partial charge on any atom is -0.395 e. The largest absolute Gasteiger partial charge is 0.395 e. The Morgan fingerprint density at radius 2 is 1.73 bits per heavy atom. The fraction of sp³-hybridized carbons (Fsp3) is 0.455. The molecule has 2 aromatic carbocycles. The first-order valence-electron chi connectivity index (χ1n) is 9.84. The summed E-state index contributed by atoms with van der Waals surface area (Å²) in [7, 11) is 0. The molecule has 3 unspecified atom stereocenters. The van der Waals surface area contributed by atoms with Gasteiger partial charge in [-0.3, -0.25) is 10.3 Å². The molecule has 2 saturated heterocycles. The van der Waals surface area contributed by atoms with Crippen LogP contribution in [0, 0.1) is 5.92 Å². The summed E-state index contributed by atoms with van der Waals surface area (Å²) in [4.78, 5) is 2.49. The van der Waals surface area contributed by atoms with E-state index in [9.17, 15) is 5.11 Å². The average molecular weight is 351 g/mol. The molecule has 2 aliphatic heterocycles. The molecule has 4 heteroatoms. The van der Waals surface area contributed by atoms with Crippen molar-refractivity contribution in [1.82, 2.24) is 15.8 Å². The van der Waals surface area contributed by atoms with E-state index in [4.69, 9.17) is 0 Å². The number of hydrazine groups is 1. The highest BCUT2D eigenvalue weighted by atomic mass is 16.3. The zero-order chi connectivity index (χ0) is 17.8. The summed E-state index contributed by atoms with van der Waals surface area (Å²) in [6.07, 6.45) is 3.62. The summed E-state index contributed by atoms with van der Waals surface area (Å²) in [6.45, 7) is 3.40. The van der Waals surface area contributed by atoms with Crippen LogP contribution in [0.4, 0.5) is 0 Å². The molecule has 138 valence electrons. The van der Waals surface area contributed by atoms with Crippen LogP contribution in [0.15, 0.2) is 54.6 Å². The molecule has 4 rings (SSSR count). The van der Waals surface area contributed by atoms with Gasteiger partial charge in [-0.1, -0.05) is 61.0 Å². The van der Waals surface area contributed by atoms with Gasteiger partial charge in [0.25, 0.3) is 0 Å². The van der Waals surface area contributed by atoms with Crippen molar-refractivity contribution in [2.24, 2.45) is 5.92 Å². The van der Waals surface area contributed by atoms with Gasteiger partial charge in [-0.05, 0) is 36.1 Å². The van der Waals surface area contributed by atoms with Crippen molar-refractivity contribution in [2.45, 2.75) is 31.3 Å². The highest BCUT2D eigenvalue weighted by molar-refractivity contribution is 5.63. The van der Waals surface area contributed by atoms with E-state index in [-0.39, 0.29) is 6.61 Å². The third kappa shape index (κ3) is 3.84. The zero-order valence-electron chi connectivity index (χ0n) is 15.3. The smallest absolute Gasteiger partial charge is 0.0586 e.